The molecule has 0 aliphatic carbocycles. The first kappa shape index (κ1) is 15.6. The maximum absolute atomic E-state index is 11.4. The van der Waals surface area contributed by atoms with Crippen molar-refractivity contribution in [2.24, 2.45) is 5.10 Å². The molecule has 1 aromatic carbocycles. The maximum Gasteiger partial charge on any atom is 0.351 e. The van der Waals surface area contributed by atoms with Crippen LogP contribution in [0.4, 0.5) is 0 Å². The molecule has 0 bridgehead atoms. The molecule has 0 aliphatic heterocycles. The molecular weight excluding hydrogens is 384 g/mol. The van der Waals surface area contributed by atoms with Gasteiger partial charge < -0.3 is 9.84 Å². The number of carbonyl (C=O) groups excluding carboxylic acids is 1. The molecule has 0 atom stereocenters. The molecule has 6 nitrogen and oxygen atoms in total. The normalized spacial score (nSPS) is 11.0. The Hall–Kier alpha value is -1.41. The molecule has 0 spiro atoms. The van der Waals surface area contributed by atoms with Crippen molar-refractivity contribution in [1.29, 1.82) is 0 Å². The smallest absolute Gasteiger partial charge is 0.351 e. The predicted octanol–water partition coefficient (Wildman–Crippen LogP) is 2.17. The fourth-order valence-electron chi connectivity index (χ4n) is 0.962. The molecular formula is C11H10Br2N2O4. The number of hydrogen-bond acceptors (Lipinski definition) is 4. The van der Waals surface area contributed by atoms with E-state index in [9.17, 15) is 9.59 Å². The third-order valence-corrected chi connectivity index (χ3v) is 3.02. The summed E-state index contributed by atoms with van der Waals surface area (Å²) in [5.41, 5.74) is 1.87. The first-order chi connectivity index (χ1) is 8.90. The maximum atomic E-state index is 11.4. The van der Waals surface area contributed by atoms with Crippen molar-refractivity contribution in [2.45, 2.75) is 6.92 Å². The second-order valence-corrected chi connectivity index (χ2v) is 5.17. The Morgan fingerprint density at radius 2 is 2.11 bits per heavy atom. The lowest BCUT2D eigenvalue weighted by atomic mass is 10.3. The van der Waals surface area contributed by atoms with Crippen LogP contribution >= 0.6 is 31.9 Å². The van der Waals surface area contributed by atoms with Gasteiger partial charge in [-0.05, 0) is 41.1 Å². The number of benzene rings is 1. The molecule has 0 aliphatic rings. The highest BCUT2D eigenvalue weighted by atomic mass is 79.9. The monoisotopic (exact) mass is 392 g/mol. The van der Waals surface area contributed by atoms with E-state index >= 15 is 0 Å². The lowest BCUT2D eigenvalue weighted by molar-refractivity contribution is -0.129. The second kappa shape index (κ2) is 7.25. The summed E-state index contributed by atoms with van der Waals surface area (Å²) in [5, 5.41) is 11.9. The lowest BCUT2D eigenvalue weighted by Crippen LogP contribution is -2.26. The van der Waals surface area contributed by atoms with Gasteiger partial charge in [-0.2, -0.15) is 5.10 Å². The van der Waals surface area contributed by atoms with Gasteiger partial charge in [-0.25, -0.2) is 10.2 Å². The van der Waals surface area contributed by atoms with Gasteiger partial charge in [0.1, 0.15) is 11.5 Å². The molecule has 0 saturated heterocycles. The number of carbonyl (C=O) groups is 2. The molecule has 1 amide bonds. The Morgan fingerprint density at radius 3 is 2.68 bits per heavy atom. The SMILES string of the molecule is CC(=NNC(=O)COc1ccc(Br)cc1Br)C(=O)O. The van der Waals surface area contributed by atoms with E-state index in [2.05, 4.69) is 42.4 Å². The number of carboxylic acids is 1. The topological polar surface area (TPSA) is 88.0 Å². The van der Waals surface area contributed by atoms with Crippen molar-refractivity contribution in [3.05, 3.63) is 27.1 Å². The summed E-state index contributed by atoms with van der Waals surface area (Å²) in [7, 11) is 0. The lowest BCUT2D eigenvalue weighted by Gasteiger charge is -2.07. The quantitative estimate of drug-likeness (QED) is 0.592. The number of halogens is 2. The van der Waals surface area contributed by atoms with Crippen LogP contribution in [0.3, 0.4) is 0 Å². The Bertz CT molecular complexity index is 531. The zero-order valence-corrected chi connectivity index (χ0v) is 13.0. The standard InChI is InChI=1S/C11H10Br2N2O4/c1-6(11(17)18)14-15-10(16)5-19-9-3-2-7(12)4-8(9)13/h2-4H,5H2,1H3,(H,15,16)(H,17,18). The van der Waals surface area contributed by atoms with E-state index in [1.807, 2.05) is 0 Å². The molecule has 0 radical (unpaired) electrons. The van der Waals surface area contributed by atoms with Crippen LogP contribution in [0.1, 0.15) is 6.92 Å². The Morgan fingerprint density at radius 1 is 1.42 bits per heavy atom. The molecule has 19 heavy (non-hydrogen) atoms. The van der Waals surface area contributed by atoms with Gasteiger partial charge in [0.15, 0.2) is 6.61 Å². The summed E-state index contributed by atoms with van der Waals surface area (Å²) in [5.74, 6) is -1.25. The number of rotatable bonds is 5. The van der Waals surface area contributed by atoms with Crippen molar-refractivity contribution < 1.29 is 19.4 Å². The van der Waals surface area contributed by atoms with Gasteiger partial charge in [0.2, 0.25) is 0 Å². The van der Waals surface area contributed by atoms with E-state index in [-0.39, 0.29) is 12.3 Å². The van der Waals surface area contributed by atoms with Crippen molar-refractivity contribution in [3.8, 4) is 5.75 Å². The Kier molecular flexibility index (Phi) is 5.97. The largest absolute Gasteiger partial charge is 0.483 e. The highest BCUT2D eigenvalue weighted by molar-refractivity contribution is 9.11. The molecule has 0 aromatic heterocycles. The van der Waals surface area contributed by atoms with Crippen LogP contribution in [0, 0.1) is 0 Å². The van der Waals surface area contributed by atoms with Gasteiger partial charge in [-0.3, -0.25) is 4.79 Å². The molecule has 0 saturated carbocycles. The molecule has 1 rings (SSSR count). The number of carboxylic acid groups (broad SMARTS) is 1. The number of nitrogens with zero attached hydrogens (tertiary/aromatic N) is 1. The minimum absolute atomic E-state index is 0.210. The summed E-state index contributed by atoms with van der Waals surface area (Å²) in [6.07, 6.45) is 0. The van der Waals surface area contributed by atoms with Gasteiger partial charge in [0, 0.05) is 4.47 Å². The van der Waals surface area contributed by atoms with Crippen molar-refractivity contribution in [3.63, 3.8) is 0 Å². The van der Waals surface area contributed by atoms with Crippen LogP contribution in [0.2, 0.25) is 0 Å². The third kappa shape index (κ3) is 5.39. The van der Waals surface area contributed by atoms with Crippen LogP contribution in [-0.2, 0) is 9.59 Å². The molecule has 102 valence electrons. The number of ether oxygens (including phenoxy) is 1. The number of hydrazone groups is 1. The molecule has 0 unspecified atom stereocenters. The highest BCUT2D eigenvalue weighted by Gasteiger charge is 2.07. The number of nitrogens with one attached hydrogen (secondary N) is 1. The predicted molar refractivity (Wildman–Crippen MR) is 76.2 cm³/mol. The summed E-state index contributed by atoms with van der Waals surface area (Å²) < 4.78 is 6.82. The number of aliphatic carboxylic acids is 1. The van der Waals surface area contributed by atoms with E-state index < -0.39 is 11.9 Å². The fraction of sp³-hybridized carbons (Fsp3) is 0.182. The summed E-state index contributed by atoms with van der Waals surface area (Å²) in [4.78, 5) is 21.8. The second-order valence-electron chi connectivity index (χ2n) is 3.40. The molecule has 1 aromatic rings. The van der Waals surface area contributed by atoms with Gasteiger partial charge in [0.05, 0.1) is 4.47 Å². The van der Waals surface area contributed by atoms with E-state index in [1.165, 1.54) is 6.92 Å². The first-order valence-electron chi connectivity index (χ1n) is 5.04. The average molecular weight is 394 g/mol. The van der Waals surface area contributed by atoms with Crippen molar-refractivity contribution in [1.82, 2.24) is 5.43 Å². The third-order valence-electron chi connectivity index (χ3n) is 1.91. The van der Waals surface area contributed by atoms with Crippen molar-refractivity contribution in [2.75, 3.05) is 6.61 Å². The minimum atomic E-state index is -1.20. The summed E-state index contributed by atoms with van der Waals surface area (Å²) >= 11 is 6.58. The zero-order chi connectivity index (χ0) is 14.4. The van der Waals surface area contributed by atoms with Gasteiger partial charge in [0.25, 0.3) is 5.91 Å². The molecule has 8 heteroatoms. The Balaban J connectivity index is 2.51. The van der Waals surface area contributed by atoms with E-state index in [0.29, 0.717) is 10.2 Å². The fourth-order valence-corrected chi connectivity index (χ4v) is 2.12. The number of hydrogen-bond donors (Lipinski definition) is 2. The van der Waals surface area contributed by atoms with E-state index in [0.717, 1.165) is 4.47 Å². The first-order valence-corrected chi connectivity index (χ1v) is 6.63. The number of amides is 1. The summed E-state index contributed by atoms with van der Waals surface area (Å²) in [6.45, 7) is 1.01. The van der Waals surface area contributed by atoms with Crippen LogP contribution in [-0.4, -0.2) is 29.3 Å². The average Bonchev–Trinajstić information content (AvgIpc) is 2.34. The van der Waals surface area contributed by atoms with E-state index in [1.54, 1.807) is 18.2 Å². The highest BCUT2D eigenvalue weighted by Crippen LogP contribution is 2.27. The molecule has 0 heterocycles. The molecule has 0 fully saturated rings. The van der Waals surface area contributed by atoms with Crippen LogP contribution in [0.25, 0.3) is 0 Å². The van der Waals surface area contributed by atoms with Crippen LogP contribution < -0.4 is 10.2 Å². The van der Waals surface area contributed by atoms with E-state index in [4.69, 9.17) is 9.84 Å². The van der Waals surface area contributed by atoms with Gasteiger partial charge >= 0.3 is 5.97 Å². The van der Waals surface area contributed by atoms with Crippen LogP contribution in [0.5, 0.6) is 5.75 Å². The zero-order valence-electron chi connectivity index (χ0n) is 9.81. The van der Waals surface area contributed by atoms with Gasteiger partial charge in [-0.1, -0.05) is 15.9 Å². The summed E-state index contributed by atoms with van der Waals surface area (Å²) in [6, 6.07) is 5.23. The Labute approximate surface area is 126 Å². The van der Waals surface area contributed by atoms with Crippen molar-refractivity contribution >= 4 is 49.4 Å². The molecule has 2 N–H and O–H groups in total. The van der Waals surface area contributed by atoms with Gasteiger partial charge in [-0.15, -0.1) is 0 Å². The minimum Gasteiger partial charge on any atom is -0.483 e. The van der Waals surface area contributed by atoms with Crippen LogP contribution in [0.15, 0.2) is 32.2 Å².